The molecule has 4 rings (SSSR count). The standard InChI is InChI=1S/C24H32FN7/c1-3-26-24(27-9-8-19-17-28-22-14-20(25)5-6-21(19)22)30-16-18-4-7-23(29-15-18)32-12-10-31(2)11-13-32/h4-7,14-15,17,28H,3,8-13,16H2,1-2H3,(H2,26,27,30). The van der Waals surface area contributed by atoms with Crippen molar-refractivity contribution < 1.29 is 4.39 Å². The number of likely N-dealkylation sites (N-methyl/N-ethyl adjacent to an activating group) is 1. The fourth-order valence-electron chi connectivity index (χ4n) is 3.93. The first-order chi connectivity index (χ1) is 15.6. The largest absolute Gasteiger partial charge is 0.361 e. The van der Waals surface area contributed by atoms with E-state index in [4.69, 9.17) is 4.99 Å². The van der Waals surface area contributed by atoms with Crippen LogP contribution >= 0.6 is 0 Å². The molecule has 0 spiro atoms. The molecule has 0 unspecified atom stereocenters. The van der Waals surface area contributed by atoms with Crippen molar-refractivity contribution in [1.29, 1.82) is 0 Å². The van der Waals surface area contributed by atoms with E-state index in [1.54, 1.807) is 0 Å². The smallest absolute Gasteiger partial charge is 0.191 e. The average Bonchev–Trinajstić information content (AvgIpc) is 3.20. The van der Waals surface area contributed by atoms with Gasteiger partial charge in [-0.05, 0) is 55.8 Å². The number of H-pyrrole nitrogens is 1. The van der Waals surface area contributed by atoms with Gasteiger partial charge in [-0.2, -0.15) is 0 Å². The Bertz CT molecular complexity index is 1040. The van der Waals surface area contributed by atoms with Gasteiger partial charge < -0.3 is 25.4 Å². The predicted octanol–water partition coefficient (Wildman–Crippen LogP) is 2.75. The summed E-state index contributed by atoms with van der Waals surface area (Å²) in [5.74, 6) is 1.59. The van der Waals surface area contributed by atoms with Crippen molar-refractivity contribution >= 4 is 22.7 Å². The van der Waals surface area contributed by atoms with E-state index in [0.717, 1.165) is 79.5 Å². The SMILES string of the molecule is CCNC(=NCc1ccc(N2CCN(C)CC2)nc1)NCCc1c[nH]c2cc(F)ccc12. The van der Waals surface area contributed by atoms with Gasteiger partial charge in [0.2, 0.25) is 0 Å². The van der Waals surface area contributed by atoms with Crippen molar-refractivity contribution in [2.24, 2.45) is 4.99 Å². The van der Waals surface area contributed by atoms with Crippen LogP contribution in [0.15, 0.2) is 47.7 Å². The van der Waals surface area contributed by atoms with Crippen LogP contribution < -0.4 is 15.5 Å². The maximum absolute atomic E-state index is 13.4. The van der Waals surface area contributed by atoms with Crippen molar-refractivity contribution in [3.05, 3.63) is 59.7 Å². The lowest BCUT2D eigenvalue weighted by molar-refractivity contribution is 0.312. The zero-order valence-corrected chi connectivity index (χ0v) is 18.9. The second-order valence-corrected chi connectivity index (χ2v) is 8.19. The number of aliphatic imine (C=N–C) groups is 1. The number of aromatic nitrogens is 2. The van der Waals surface area contributed by atoms with Crippen LogP contribution in [0.3, 0.4) is 0 Å². The summed E-state index contributed by atoms with van der Waals surface area (Å²) in [7, 11) is 2.16. The molecule has 170 valence electrons. The number of guanidine groups is 1. The van der Waals surface area contributed by atoms with Crippen LogP contribution in [-0.2, 0) is 13.0 Å². The van der Waals surface area contributed by atoms with Crippen LogP contribution in [0.25, 0.3) is 10.9 Å². The molecule has 3 aromatic rings. The normalized spacial score (nSPS) is 15.3. The summed E-state index contributed by atoms with van der Waals surface area (Å²) in [6, 6.07) is 9.06. The molecule has 1 fully saturated rings. The van der Waals surface area contributed by atoms with Crippen LogP contribution in [0.5, 0.6) is 0 Å². The molecule has 0 aliphatic carbocycles. The van der Waals surface area contributed by atoms with E-state index in [9.17, 15) is 4.39 Å². The van der Waals surface area contributed by atoms with Crippen molar-refractivity contribution in [2.75, 3.05) is 51.2 Å². The Kier molecular flexibility index (Phi) is 7.21. The number of hydrogen-bond donors (Lipinski definition) is 3. The van der Waals surface area contributed by atoms with Crippen LogP contribution in [0, 0.1) is 5.82 Å². The van der Waals surface area contributed by atoms with Gasteiger partial charge in [-0.3, -0.25) is 0 Å². The van der Waals surface area contributed by atoms with Crippen LogP contribution in [0.4, 0.5) is 10.2 Å². The molecule has 0 atom stereocenters. The molecule has 0 bridgehead atoms. The monoisotopic (exact) mass is 437 g/mol. The Morgan fingerprint density at radius 1 is 1.16 bits per heavy atom. The number of anilines is 1. The average molecular weight is 438 g/mol. The highest BCUT2D eigenvalue weighted by molar-refractivity contribution is 5.83. The molecule has 0 radical (unpaired) electrons. The summed E-state index contributed by atoms with van der Waals surface area (Å²) in [4.78, 5) is 17.2. The molecule has 1 aliphatic heterocycles. The number of fused-ring (bicyclic) bond motifs is 1. The Balaban J connectivity index is 1.31. The van der Waals surface area contributed by atoms with Crippen LogP contribution in [0.1, 0.15) is 18.1 Å². The summed E-state index contributed by atoms with van der Waals surface area (Å²) >= 11 is 0. The third-order valence-corrected chi connectivity index (χ3v) is 5.82. The van der Waals surface area contributed by atoms with Gasteiger partial charge in [0.15, 0.2) is 5.96 Å². The Morgan fingerprint density at radius 2 is 2.00 bits per heavy atom. The third-order valence-electron chi connectivity index (χ3n) is 5.82. The molecule has 1 aromatic carbocycles. The van der Waals surface area contributed by atoms with Gasteiger partial charge in [-0.15, -0.1) is 0 Å². The second kappa shape index (κ2) is 10.5. The van der Waals surface area contributed by atoms with E-state index >= 15 is 0 Å². The van der Waals surface area contributed by atoms with E-state index in [-0.39, 0.29) is 5.82 Å². The van der Waals surface area contributed by atoms with Gasteiger partial charge in [-0.1, -0.05) is 6.07 Å². The topological polar surface area (TPSA) is 71.6 Å². The first-order valence-corrected chi connectivity index (χ1v) is 11.3. The zero-order chi connectivity index (χ0) is 22.3. The number of halogens is 1. The quantitative estimate of drug-likeness (QED) is 0.392. The third kappa shape index (κ3) is 5.56. The molecular weight excluding hydrogens is 405 g/mol. The fraction of sp³-hybridized carbons (Fsp3) is 0.417. The molecule has 2 aromatic heterocycles. The van der Waals surface area contributed by atoms with Gasteiger partial charge in [0.25, 0.3) is 0 Å². The van der Waals surface area contributed by atoms with Gasteiger partial charge in [0.1, 0.15) is 11.6 Å². The van der Waals surface area contributed by atoms with E-state index in [2.05, 4.69) is 56.5 Å². The molecule has 8 heteroatoms. The highest BCUT2D eigenvalue weighted by atomic mass is 19.1. The zero-order valence-electron chi connectivity index (χ0n) is 18.9. The molecular formula is C24H32FN7. The molecule has 0 saturated carbocycles. The first kappa shape index (κ1) is 22.1. The second-order valence-electron chi connectivity index (χ2n) is 8.19. The van der Waals surface area contributed by atoms with Crippen molar-refractivity contribution in [2.45, 2.75) is 19.9 Å². The number of pyridine rings is 1. The Labute approximate surface area is 188 Å². The number of benzene rings is 1. The van der Waals surface area contributed by atoms with Crippen molar-refractivity contribution in [1.82, 2.24) is 25.5 Å². The van der Waals surface area contributed by atoms with Gasteiger partial charge in [0, 0.05) is 62.6 Å². The number of nitrogens with one attached hydrogen (secondary N) is 3. The van der Waals surface area contributed by atoms with Crippen LogP contribution in [-0.4, -0.2) is 67.1 Å². The lowest BCUT2D eigenvalue weighted by Gasteiger charge is -2.33. The summed E-state index contributed by atoms with van der Waals surface area (Å²) < 4.78 is 13.4. The lowest BCUT2D eigenvalue weighted by Crippen LogP contribution is -2.44. The first-order valence-electron chi connectivity index (χ1n) is 11.3. The van der Waals surface area contributed by atoms with Gasteiger partial charge >= 0.3 is 0 Å². The Morgan fingerprint density at radius 3 is 2.75 bits per heavy atom. The summed E-state index contributed by atoms with van der Waals surface area (Å²) in [5.41, 5.74) is 3.07. The number of rotatable bonds is 7. The summed E-state index contributed by atoms with van der Waals surface area (Å²) in [6.07, 6.45) is 4.69. The van der Waals surface area contributed by atoms with Crippen molar-refractivity contribution in [3.8, 4) is 0 Å². The number of hydrogen-bond acceptors (Lipinski definition) is 4. The number of nitrogens with zero attached hydrogens (tertiary/aromatic N) is 4. The molecule has 7 nitrogen and oxygen atoms in total. The molecule has 0 amide bonds. The molecule has 1 saturated heterocycles. The number of aromatic amines is 1. The summed E-state index contributed by atoms with van der Waals surface area (Å²) in [5, 5.41) is 7.74. The van der Waals surface area contributed by atoms with Gasteiger partial charge in [0.05, 0.1) is 6.54 Å². The van der Waals surface area contributed by atoms with E-state index in [0.29, 0.717) is 6.54 Å². The molecule has 1 aliphatic rings. The number of piperazine rings is 1. The fourth-order valence-corrected chi connectivity index (χ4v) is 3.93. The van der Waals surface area contributed by atoms with Gasteiger partial charge in [-0.25, -0.2) is 14.4 Å². The maximum Gasteiger partial charge on any atom is 0.191 e. The molecule has 3 heterocycles. The predicted molar refractivity (Wildman–Crippen MR) is 129 cm³/mol. The highest BCUT2D eigenvalue weighted by Crippen LogP contribution is 2.19. The molecule has 32 heavy (non-hydrogen) atoms. The van der Waals surface area contributed by atoms with E-state index < -0.39 is 0 Å². The molecule has 3 N–H and O–H groups in total. The van der Waals surface area contributed by atoms with Crippen LogP contribution in [0.2, 0.25) is 0 Å². The minimum Gasteiger partial charge on any atom is -0.361 e. The summed E-state index contributed by atoms with van der Waals surface area (Å²) in [6.45, 7) is 8.31. The van der Waals surface area contributed by atoms with Crippen molar-refractivity contribution in [3.63, 3.8) is 0 Å². The lowest BCUT2D eigenvalue weighted by atomic mass is 10.1. The maximum atomic E-state index is 13.4. The highest BCUT2D eigenvalue weighted by Gasteiger charge is 2.15. The van der Waals surface area contributed by atoms with E-state index in [1.165, 1.54) is 12.1 Å². The minimum absolute atomic E-state index is 0.225. The van der Waals surface area contributed by atoms with E-state index in [1.807, 2.05) is 18.5 Å². The minimum atomic E-state index is -0.225. The Hall–Kier alpha value is -3.13.